The van der Waals surface area contributed by atoms with Crippen LogP contribution in [-0.2, 0) is 0 Å². The highest BCUT2D eigenvalue weighted by molar-refractivity contribution is 5.82. The van der Waals surface area contributed by atoms with Gasteiger partial charge in [-0.2, -0.15) is 9.97 Å². The lowest BCUT2D eigenvalue weighted by atomic mass is 9.85. The maximum absolute atomic E-state index is 9.81. The quantitative estimate of drug-likeness (QED) is 0.580. The molecule has 4 rings (SSSR count). The molecule has 2 aromatic heterocycles. The fraction of sp³-hybridized carbons (Fsp3) is 0.375. The Balaban J connectivity index is 1.74. The second-order valence-corrected chi connectivity index (χ2v) is 8.22. The van der Waals surface area contributed by atoms with E-state index in [1.54, 1.807) is 6.20 Å². The lowest BCUT2D eigenvalue weighted by Crippen LogP contribution is -2.47. The summed E-state index contributed by atoms with van der Waals surface area (Å²) in [6.07, 6.45) is 4.50. The van der Waals surface area contributed by atoms with Crippen LogP contribution in [0.4, 0.5) is 0 Å². The van der Waals surface area contributed by atoms with Gasteiger partial charge >= 0.3 is 6.01 Å². The molecule has 0 amide bonds. The van der Waals surface area contributed by atoms with Crippen LogP contribution in [0.3, 0.4) is 0 Å². The van der Waals surface area contributed by atoms with Crippen LogP contribution in [0.15, 0.2) is 55.3 Å². The summed E-state index contributed by atoms with van der Waals surface area (Å²) in [6.45, 7) is 10.3. The third kappa shape index (κ3) is 4.46. The van der Waals surface area contributed by atoms with Crippen LogP contribution in [0, 0.1) is 11.8 Å². The Labute approximate surface area is 182 Å². The number of aromatic hydroxyl groups is 2. The second kappa shape index (κ2) is 8.89. The van der Waals surface area contributed by atoms with Crippen molar-refractivity contribution in [2.45, 2.75) is 32.4 Å². The number of likely N-dealkylation sites (tertiary alicyclic amines) is 1. The van der Waals surface area contributed by atoms with Crippen LogP contribution >= 0.6 is 0 Å². The van der Waals surface area contributed by atoms with Gasteiger partial charge in [-0.25, -0.2) is 0 Å². The number of ether oxygens (including phenoxy) is 1. The van der Waals surface area contributed by atoms with Crippen LogP contribution in [-0.4, -0.2) is 49.2 Å². The van der Waals surface area contributed by atoms with Gasteiger partial charge in [0.1, 0.15) is 6.10 Å². The van der Waals surface area contributed by atoms with Gasteiger partial charge < -0.3 is 14.9 Å². The van der Waals surface area contributed by atoms with Crippen molar-refractivity contribution in [3.8, 4) is 17.8 Å². The van der Waals surface area contributed by atoms with E-state index in [-0.39, 0.29) is 17.8 Å². The molecule has 1 fully saturated rings. The summed E-state index contributed by atoms with van der Waals surface area (Å²) in [5.74, 6) is 0.788. The molecule has 7 heteroatoms. The summed E-state index contributed by atoms with van der Waals surface area (Å²) < 4.78 is 6.31. The monoisotopic (exact) mass is 420 g/mol. The van der Waals surface area contributed by atoms with Crippen molar-refractivity contribution in [1.29, 1.82) is 0 Å². The van der Waals surface area contributed by atoms with E-state index in [0.717, 1.165) is 36.0 Å². The molecule has 1 aliphatic rings. The molecule has 0 spiro atoms. The Bertz CT molecular complexity index is 1050. The van der Waals surface area contributed by atoms with E-state index in [4.69, 9.17) is 4.74 Å². The summed E-state index contributed by atoms with van der Waals surface area (Å²) in [6, 6.07) is 10.7. The Morgan fingerprint density at radius 1 is 1.23 bits per heavy atom. The van der Waals surface area contributed by atoms with Crippen LogP contribution in [0.5, 0.6) is 17.8 Å². The number of hydrogen-bond acceptors (Lipinski definition) is 7. The number of pyridine rings is 1. The maximum Gasteiger partial charge on any atom is 0.320 e. The first kappa shape index (κ1) is 21.1. The van der Waals surface area contributed by atoms with Gasteiger partial charge in [0, 0.05) is 29.7 Å². The zero-order valence-corrected chi connectivity index (χ0v) is 17.8. The summed E-state index contributed by atoms with van der Waals surface area (Å²) in [4.78, 5) is 14.4. The number of aromatic nitrogens is 3. The lowest BCUT2D eigenvalue weighted by molar-refractivity contribution is 0.0378. The minimum absolute atomic E-state index is 0.00000661. The Morgan fingerprint density at radius 3 is 2.81 bits per heavy atom. The van der Waals surface area contributed by atoms with Crippen molar-refractivity contribution < 1.29 is 14.9 Å². The SMILES string of the molecule is C=C[C@@H]1CN([C@H](C)[C@H](Oc2cc(O)nc(O)n2)c2ccnc3ccccc23)CCC1C. The third-order valence-electron chi connectivity index (χ3n) is 6.28. The maximum atomic E-state index is 9.81. The predicted octanol–water partition coefficient (Wildman–Crippen LogP) is 4.09. The van der Waals surface area contributed by atoms with Crippen molar-refractivity contribution in [3.05, 3.63) is 60.8 Å². The zero-order chi connectivity index (χ0) is 22.0. The molecule has 31 heavy (non-hydrogen) atoms. The first-order valence-electron chi connectivity index (χ1n) is 10.6. The minimum atomic E-state index is -0.528. The van der Waals surface area contributed by atoms with Gasteiger partial charge in [-0.1, -0.05) is 31.2 Å². The van der Waals surface area contributed by atoms with E-state index in [1.165, 1.54) is 6.07 Å². The van der Waals surface area contributed by atoms with Gasteiger partial charge in [-0.05, 0) is 43.9 Å². The highest BCUT2D eigenvalue weighted by Crippen LogP contribution is 2.35. The normalized spacial score (nSPS) is 21.5. The molecule has 162 valence electrons. The molecule has 0 aliphatic carbocycles. The topological polar surface area (TPSA) is 91.6 Å². The number of piperidine rings is 1. The molecule has 1 unspecified atom stereocenters. The molecule has 1 saturated heterocycles. The average molecular weight is 421 g/mol. The summed E-state index contributed by atoms with van der Waals surface area (Å²) >= 11 is 0. The molecule has 4 atom stereocenters. The molecule has 1 aromatic carbocycles. The zero-order valence-electron chi connectivity index (χ0n) is 17.8. The first-order valence-corrected chi connectivity index (χ1v) is 10.6. The predicted molar refractivity (Wildman–Crippen MR) is 119 cm³/mol. The Kier molecular flexibility index (Phi) is 6.04. The van der Waals surface area contributed by atoms with E-state index < -0.39 is 12.1 Å². The smallest absolute Gasteiger partial charge is 0.320 e. The van der Waals surface area contributed by atoms with Crippen LogP contribution in [0.1, 0.15) is 31.9 Å². The molecule has 0 radical (unpaired) electrons. The first-order chi connectivity index (χ1) is 15.0. The number of rotatable bonds is 6. The number of para-hydroxylation sites is 1. The molecule has 0 saturated carbocycles. The van der Waals surface area contributed by atoms with Gasteiger partial charge in [-0.3, -0.25) is 9.88 Å². The van der Waals surface area contributed by atoms with Crippen molar-refractivity contribution in [2.75, 3.05) is 13.1 Å². The van der Waals surface area contributed by atoms with E-state index in [2.05, 4.69) is 40.3 Å². The van der Waals surface area contributed by atoms with Gasteiger partial charge in [-0.15, -0.1) is 6.58 Å². The number of hydrogen-bond donors (Lipinski definition) is 2. The molecule has 0 bridgehead atoms. The minimum Gasteiger partial charge on any atom is -0.493 e. The van der Waals surface area contributed by atoms with Gasteiger partial charge in [0.25, 0.3) is 0 Å². The van der Waals surface area contributed by atoms with Gasteiger partial charge in [0.2, 0.25) is 11.8 Å². The Hall–Kier alpha value is -3.19. The van der Waals surface area contributed by atoms with Gasteiger partial charge in [0.05, 0.1) is 11.6 Å². The molecule has 2 N–H and O–H groups in total. The second-order valence-electron chi connectivity index (χ2n) is 8.22. The number of nitrogens with zero attached hydrogens (tertiary/aromatic N) is 4. The lowest BCUT2D eigenvalue weighted by Gasteiger charge is -2.41. The van der Waals surface area contributed by atoms with Crippen LogP contribution in [0.25, 0.3) is 10.9 Å². The van der Waals surface area contributed by atoms with Crippen molar-refractivity contribution in [1.82, 2.24) is 19.9 Å². The molecular formula is C24H28N4O3. The van der Waals surface area contributed by atoms with Crippen LogP contribution in [0.2, 0.25) is 0 Å². The van der Waals surface area contributed by atoms with E-state index in [9.17, 15) is 10.2 Å². The molecule has 1 aliphatic heterocycles. The largest absolute Gasteiger partial charge is 0.493 e. The highest BCUT2D eigenvalue weighted by Gasteiger charge is 2.33. The number of fused-ring (bicyclic) bond motifs is 1. The number of benzene rings is 1. The van der Waals surface area contributed by atoms with Gasteiger partial charge in [0.15, 0.2) is 0 Å². The van der Waals surface area contributed by atoms with Crippen LogP contribution < -0.4 is 4.74 Å². The van der Waals surface area contributed by atoms with E-state index >= 15 is 0 Å². The fourth-order valence-electron chi connectivity index (χ4n) is 4.37. The van der Waals surface area contributed by atoms with E-state index in [1.807, 2.05) is 36.4 Å². The van der Waals surface area contributed by atoms with E-state index in [0.29, 0.717) is 11.8 Å². The summed E-state index contributed by atoms with van der Waals surface area (Å²) in [5.41, 5.74) is 1.86. The summed E-state index contributed by atoms with van der Waals surface area (Å²) in [5, 5.41) is 20.5. The Morgan fingerprint density at radius 2 is 2.03 bits per heavy atom. The van der Waals surface area contributed by atoms with Crippen molar-refractivity contribution in [3.63, 3.8) is 0 Å². The molecule has 3 aromatic rings. The average Bonchev–Trinajstić information content (AvgIpc) is 2.76. The fourth-order valence-corrected chi connectivity index (χ4v) is 4.37. The van der Waals surface area contributed by atoms with Crippen molar-refractivity contribution in [2.24, 2.45) is 11.8 Å². The molecular weight excluding hydrogens is 392 g/mol. The standard InChI is InChI=1S/C24H28N4O3/c1-4-17-14-28(12-10-15(17)2)16(3)23(31-22-13-21(29)26-24(30)27-22)19-9-11-25-20-8-6-5-7-18(19)20/h4-9,11,13,15-17,23H,1,10,12,14H2,2-3H3,(H2,26,27,29,30)/t15?,16-,17-,23+/m1/s1. The highest BCUT2D eigenvalue weighted by atomic mass is 16.5. The third-order valence-corrected chi connectivity index (χ3v) is 6.28. The van der Waals surface area contributed by atoms with Crippen molar-refractivity contribution >= 4 is 10.9 Å². The summed E-state index contributed by atoms with van der Waals surface area (Å²) in [7, 11) is 0. The molecule has 7 nitrogen and oxygen atoms in total. The molecule has 3 heterocycles.